The quantitative estimate of drug-likeness (QED) is 0.875. The van der Waals surface area contributed by atoms with Gasteiger partial charge >= 0.3 is 6.03 Å². The Hall–Kier alpha value is -1.55. The minimum absolute atomic E-state index is 0.0262. The summed E-state index contributed by atoms with van der Waals surface area (Å²) in [7, 11) is 0. The number of nitrogens with two attached hydrogens (primary N) is 1. The van der Waals surface area contributed by atoms with Crippen LogP contribution in [0.3, 0.4) is 0 Å². The van der Waals surface area contributed by atoms with Crippen LogP contribution in [-0.2, 0) is 0 Å². The molecule has 104 valence electrons. The fourth-order valence-electron chi connectivity index (χ4n) is 2.39. The number of amides is 2. The van der Waals surface area contributed by atoms with E-state index in [1.54, 1.807) is 4.90 Å². The van der Waals surface area contributed by atoms with E-state index in [4.69, 9.17) is 5.73 Å². The number of hydrogen-bond donors (Lipinski definition) is 2. The summed E-state index contributed by atoms with van der Waals surface area (Å²) in [4.78, 5) is 13.7. The predicted octanol–water partition coefficient (Wildman–Crippen LogP) is 2.11. The van der Waals surface area contributed by atoms with Gasteiger partial charge in [-0.1, -0.05) is 18.2 Å². The summed E-state index contributed by atoms with van der Waals surface area (Å²) in [6, 6.07) is 6.38. The highest BCUT2D eigenvalue weighted by atomic mass is 16.2. The number of hydrogen-bond acceptors (Lipinski definition) is 2. The van der Waals surface area contributed by atoms with Gasteiger partial charge in [0.2, 0.25) is 0 Å². The van der Waals surface area contributed by atoms with E-state index >= 15 is 0 Å². The van der Waals surface area contributed by atoms with E-state index in [-0.39, 0.29) is 17.6 Å². The molecule has 1 heterocycles. The van der Waals surface area contributed by atoms with Crippen LogP contribution in [0.15, 0.2) is 18.2 Å². The van der Waals surface area contributed by atoms with Gasteiger partial charge in [-0.3, -0.25) is 0 Å². The van der Waals surface area contributed by atoms with Crippen molar-refractivity contribution < 1.29 is 4.79 Å². The van der Waals surface area contributed by atoms with Crippen molar-refractivity contribution in [3.8, 4) is 0 Å². The first-order chi connectivity index (χ1) is 8.76. The van der Waals surface area contributed by atoms with Crippen LogP contribution in [-0.4, -0.2) is 29.6 Å². The zero-order valence-corrected chi connectivity index (χ0v) is 12.2. The molecule has 1 aliphatic rings. The van der Waals surface area contributed by atoms with Gasteiger partial charge in [0.05, 0.1) is 6.04 Å². The molecule has 1 aliphatic heterocycles. The Bertz CT molecular complexity index is 491. The molecule has 2 rings (SSSR count). The molecule has 0 bridgehead atoms. The van der Waals surface area contributed by atoms with Crippen molar-refractivity contribution in [2.24, 2.45) is 5.73 Å². The Morgan fingerprint density at radius 1 is 1.37 bits per heavy atom. The minimum atomic E-state index is -0.366. The zero-order valence-electron chi connectivity index (χ0n) is 12.2. The number of aryl methyl sites for hydroxylation is 2. The van der Waals surface area contributed by atoms with Crippen LogP contribution in [0.4, 0.5) is 4.79 Å². The third-order valence-electron chi connectivity index (χ3n) is 3.52. The van der Waals surface area contributed by atoms with Crippen molar-refractivity contribution in [1.82, 2.24) is 10.2 Å². The van der Waals surface area contributed by atoms with Crippen LogP contribution in [0.5, 0.6) is 0 Å². The van der Waals surface area contributed by atoms with Gasteiger partial charge in [0, 0.05) is 18.6 Å². The molecule has 0 saturated carbocycles. The van der Waals surface area contributed by atoms with Crippen molar-refractivity contribution in [3.63, 3.8) is 0 Å². The fourth-order valence-corrected chi connectivity index (χ4v) is 2.39. The summed E-state index contributed by atoms with van der Waals surface area (Å²) in [6.07, 6.45) is 0. The van der Waals surface area contributed by atoms with Gasteiger partial charge in [0.1, 0.15) is 0 Å². The summed E-state index contributed by atoms with van der Waals surface area (Å²) in [5, 5.41) is 3.02. The highest BCUT2D eigenvalue weighted by Crippen LogP contribution is 2.23. The molecule has 1 unspecified atom stereocenters. The molecule has 2 amide bonds. The highest BCUT2D eigenvalue weighted by Gasteiger charge is 2.32. The van der Waals surface area contributed by atoms with Crippen LogP contribution in [0.2, 0.25) is 0 Å². The molecule has 19 heavy (non-hydrogen) atoms. The Labute approximate surface area is 115 Å². The van der Waals surface area contributed by atoms with Crippen molar-refractivity contribution in [3.05, 3.63) is 34.9 Å². The number of rotatable bonds is 3. The summed E-state index contributed by atoms with van der Waals surface area (Å²) in [5.41, 5.74) is 9.30. The number of urea groups is 1. The first kappa shape index (κ1) is 13.9. The van der Waals surface area contributed by atoms with E-state index in [9.17, 15) is 4.79 Å². The summed E-state index contributed by atoms with van der Waals surface area (Å²) >= 11 is 0. The van der Waals surface area contributed by atoms with Crippen LogP contribution < -0.4 is 11.1 Å². The predicted molar refractivity (Wildman–Crippen MR) is 77.0 cm³/mol. The minimum Gasteiger partial charge on any atom is -0.329 e. The van der Waals surface area contributed by atoms with Gasteiger partial charge < -0.3 is 16.0 Å². The molecule has 0 spiro atoms. The van der Waals surface area contributed by atoms with E-state index in [1.807, 2.05) is 13.8 Å². The third-order valence-corrected chi connectivity index (χ3v) is 3.52. The monoisotopic (exact) mass is 261 g/mol. The Balaban J connectivity index is 2.12. The van der Waals surface area contributed by atoms with Crippen molar-refractivity contribution in [2.45, 2.75) is 39.3 Å². The molecule has 0 radical (unpaired) electrons. The average molecular weight is 261 g/mol. The van der Waals surface area contributed by atoms with Crippen LogP contribution in [0.25, 0.3) is 0 Å². The number of carbonyl (C=O) groups is 1. The van der Waals surface area contributed by atoms with E-state index < -0.39 is 0 Å². The zero-order chi connectivity index (χ0) is 14.2. The lowest BCUT2D eigenvalue weighted by atomic mass is 10.0. The molecule has 0 aliphatic carbocycles. The maximum absolute atomic E-state index is 11.9. The van der Waals surface area contributed by atoms with E-state index in [2.05, 4.69) is 37.4 Å². The summed E-state index contributed by atoms with van der Waals surface area (Å²) in [6.45, 7) is 9.31. The first-order valence-electron chi connectivity index (χ1n) is 6.68. The molecular formula is C15H23N3O. The highest BCUT2D eigenvalue weighted by molar-refractivity contribution is 5.77. The molecule has 4 heteroatoms. The molecule has 1 fully saturated rings. The maximum Gasteiger partial charge on any atom is 0.318 e. The molecular weight excluding hydrogens is 238 g/mol. The lowest BCUT2D eigenvalue weighted by Crippen LogP contribution is -2.46. The molecule has 3 N–H and O–H groups in total. The van der Waals surface area contributed by atoms with Crippen LogP contribution >= 0.6 is 0 Å². The maximum atomic E-state index is 11.9. The smallest absolute Gasteiger partial charge is 0.318 e. The van der Waals surface area contributed by atoms with Gasteiger partial charge in [0.15, 0.2) is 0 Å². The summed E-state index contributed by atoms with van der Waals surface area (Å²) < 4.78 is 0. The third kappa shape index (κ3) is 3.26. The second kappa shape index (κ2) is 4.85. The van der Waals surface area contributed by atoms with Crippen molar-refractivity contribution >= 4 is 6.03 Å². The van der Waals surface area contributed by atoms with Crippen molar-refractivity contribution in [2.75, 3.05) is 13.1 Å². The number of nitrogens with zero attached hydrogens (tertiary/aromatic N) is 1. The molecule has 1 aromatic rings. The molecule has 1 atom stereocenters. The first-order valence-corrected chi connectivity index (χ1v) is 6.68. The van der Waals surface area contributed by atoms with E-state index in [0.717, 1.165) is 5.56 Å². The molecule has 0 aromatic heterocycles. The fraction of sp³-hybridized carbons (Fsp3) is 0.533. The van der Waals surface area contributed by atoms with Gasteiger partial charge in [-0.2, -0.15) is 0 Å². The van der Waals surface area contributed by atoms with E-state index in [0.29, 0.717) is 13.1 Å². The molecule has 1 aromatic carbocycles. The SMILES string of the molecule is Cc1ccc(C2CN(CC(C)(C)N)C(=O)N2)cc1C. The van der Waals surface area contributed by atoms with Gasteiger partial charge in [0.25, 0.3) is 0 Å². The Morgan fingerprint density at radius 3 is 2.63 bits per heavy atom. The van der Waals surface area contributed by atoms with Gasteiger partial charge in [-0.25, -0.2) is 4.79 Å². The van der Waals surface area contributed by atoms with E-state index in [1.165, 1.54) is 11.1 Å². The van der Waals surface area contributed by atoms with Gasteiger partial charge in [-0.15, -0.1) is 0 Å². The largest absolute Gasteiger partial charge is 0.329 e. The Morgan fingerprint density at radius 2 is 2.05 bits per heavy atom. The second-order valence-corrected chi connectivity index (χ2v) is 6.21. The van der Waals surface area contributed by atoms with Crippen LogP contribution in [0.1, 0.15) is 36.6 Å². The lowest BCUT2D eigenvalue weighted by molar-refractivity contribution is 0.207. The number of benzene rings is 1. The topological polar surface area (TPSA) is 58.4 Å². The van der Waals surface area contributed by atoms with Crippen molar-refractivity contribution in [1.29, 1.82) is 0 Å². The van der Waals surface area contributed by atoms with Gasteiger partial charge in [-0.05, 0) is 44.4 Å². The van der Waals surface area contributed by atoms with Crippen LogP contribution in [0, 0.1) is 13.8 Å². The lowest BCUT2D eigenvalue weighted by Gasteiger charge is -2.25. The average Bonchev–Trinajstić information content (AvgIpc) is 2.62. The standard InChI is InChI=1S/C15H23N3O/c1-10-5-6-12(7-11(10)2)13-8-18(14(19)17-13)9-15(3,4)16/h5-7,13H,8-9,16H2,1-4H3,(H,17,19). The second-order valence-electron chi connectivity index (χ2n) is 6.21. The number of nitrogens with one attached hydrogen (secondary N) is 1. The summed E-state index contributed by atoms with van der Waals surface area (Å²) in [5.74, 6) is 0. The number of carbonyl (C=O) groups excluding carboxylic acids is 1. The normalized spacial score (nSPS) is 19.7. The molecule has 1 saturated heterocycles. The Kier molecular flexibility index (Phi) is 3.54. The molecule has 4 nitrogen and oxygen atoms in total.